The summed E-state index contributed by atoms with van der Waals surface area (Å²) in [6, 6.07) is 0. The fourth-order valence-electron chi connectivity index (χ4n) is 0.526. The second-order valence-corrected chi connectivity index (χ2v) is 2.02. The Kier molecular flexibility index (Phi) is 13.5. The normalized spacial score (nSPS) is 7.64. The molecule has 0 N–H and O–H groups in total. The molecule has 0 heterocycles. The lowest BCUT2D eigenvalue weighted by Gasteiger charge is -1.78. The number of hydrogen-bond donors (Lipinski definition) is 0. The van der Waals surface area contributed by atoms with E-state index in [1.54, 1.807) is 6.08 Å². The Bertz CT molecular complexity index is 164. The van der Waals surface area contributed by atoms with Gasteiger partial charge in [0.1, 0.15) is 0 Å². The van der Waals surface area contributed by atoms with Gasteiger partial charge in [0.2, 0.25) is 0 Å². The van der Waals surface area contributed by atoms with Crippen LogP contribution >= 0.6 is 0 Å². The Balaban J connectivity index is 0. The number of allylic oxidation sites excluding steroid dienone is 4. The third-order valence-corrected chi connectivity index (χ3v) is 0.789. The topological polar surface area (TPSA) is 0 Å². The van der Waals surface area contributed by atoms with Crippen LogP contribution in [-0.4, -0.2) is 0 Å². The monoisotopic (exact) mass is 150 g/mol. The van der Waals surface area contributed by atoms with Gasteiger partial charge in [0, 0.05) is 0 Å². The van der Waals surface area contributed by atoms with Gasteiger partial charge < -0.3 is 0 Å². The number of hydrogen-bond acceptors (Lipinski definition) is 0. The Labute approximate surface area is 70.6 Å². The molecule has 0 rings (SSSR count). The second kappa shape index (κ2) is 11.8. The maximum atomic E-state index is 3.36. The molecule has 0 aliphatic rings. The fraction of sp³-hybridized carbons (Fsp3) is 0.364. The van der Waals surface area contributed by atoms with Crippen molar-refractivity contribution in [3.05, 3.63) is 42.2 Å². The summed E-state index contributed by atoms with van der Waals surface area (Å²) in [6.45, 7) is 11.2. The summed E-state index contributed by atoms with van der Waals surface area (Å²) in [7, 11) is 0. The largest absolute Gasteiger partial charge is 0.122 e. The molecule has 0 nitrogen and oxygen atoms in total. The van der Waals surface area contributed by atoms with Crippen molar-refractivity contribution in [2.75, 3.05) is 0 Å². The highest BCUT2D eigenvalue weighted by Crippen LogP contribution is 1.89. The van der Waals surface area contributed by atoms with E-state index in [0.29, 0.717) is 0 Å². The average Bonchev–Trinajstić information content (AvgIpc) is 1.90. The Morgan fingerprint density at radius 2 is 1.73 bits per heavy atom. The van der Waals surface area contributed by atoms with E-state index < -0.39 is 0 Å². The first-order valence-electron chi connectivity index (χ1n) is 3.80. The van der Waals surface area contributed by atoms with Gasteiger partial charge in [-0.15, -0.1) is 12.3 Å². The van der Waals surface area contributed by atoms with Gasteiger partial charge in [-0.1, -0.05) is 18.2 Å². The lowest BCUT2D eigenvalue weighted by Crippen LogP contribution is -1.58. The molecule has 11 heavy (non-hydrogen) atoms. The summed E-state index contributed by atoms with van der Waals surface area (Å²) >= 11 is 0. The van der Waals surface area contributed by atoms with Crippen LogP contribution in [0.3, 0.4) is 0 Å². The summed E-state index contributed by atoms with van der Waals surface area (Å²) in [5.74, 6) is 0. The highest BCUT2D eigenvalue weighted by Gasteiger charge is 1.69. The standard InChI is InChI=1S/C8H12.C3H6/c1-4-6-8(3)7-5-2;1-3-2/h4-6H,1-3H3;3H,1H2,2H3/b6-4-;. The first-order chi connectivity index (χ1) is 5.22. The maximum Gasteiger partial charge on any atom is -0.00981 e. The van der Waals surface area contributed by atoms with Crippen LogP contribution in [0.2, 0.25) is 0 Å². The molecule has 0 aliphatic carbocycles. The lowest BCUT2D eigenvalue weighted by atomic mass is 10.3. The van der Waals surface area contributed by atoms with Gasteiger partial charge in [-0.05, 0) is 39.3 Å². The fourth-order valence-corrected chi connectivity index (χ4v) is 0.526. The molecule has 0 amide bonds. The SMILES string of the molecule is C=CC.CC=C=C(C)/C=C\C. The van der Waals surface area contributed by atoms with E-state index in [2.05, 4.69) is 12.3 Å². The molecule has 0 fully saturated rings. The van der Waals surface area contributed by atoms with Gasteiger partial charge in [0.05, 0.1) is 0 Å². The molecule has 0 saturated carbocycles. The van der Waals surface area contributed by atoms with Crippen LogP contribution in [0.25, 0.3) is 0 Å². The van der Waals surface area contributed by atoms with E-state index in [1.807, 2.05) is 45.9 Å². The molecule has 0 unspecified atom stereocenters. The molecule has 0 aromatic carbocycles. The Morgan fingerprint density at radius 3 is 2.00 bits per heavy atom. The van der Waals surface area contributed by atoms with Gasteiger partial charge in [-0.2, -0.15) is 0 Å². The van der Waals surface area contributed by atoms with Crippen molar-refractivity contribution in [3.8, 4) is 0 Å². The smallest absolute Gasteiger partial charge is 0.00981 e. The molecule has 0 radical (unpaired) electrons. The van der Waals surface area contributed by atoms with Crippen LogP contribution in [0.4, 0.5) is 0 Å². The highest BCUT2D eigenvalue weighted by atomic mass is 13.7. The van der Waals surface area contributed by atoms with Gasteiger partial charge in [-0.3, -0.25) is 0 Å². The van der Waals surface area contributed by atoms with E-state index in [9.17, 15) is 0 Å². The van der Waals surface area contributed by atoms with E-state index in [0.717, 1.165) is 0 Å². The van der Waals surface area contributed by atoms with Crippen molar-refractivity contribution in [2.24, 2.45) is 0 Å². The minimum Gasteiger partial charge on any atom is -0.122 e. The Hall–Kier alpha value is -1.00. The molecule has 0 bridgehead atoms. The third kappa shape index (κ3) is 17.6. The molecule has 0 aromatic rings. The summed E-state index contributed by atoms with van der Waals surface area (Å²) < 4.78 is 0. The predicted octanol–water partition coefficient (Wildman–Crippen LogP) is 3.88. The zero-order valence-corrected chi connectivity index (χ0v) is 8.02. The van der Waals surface area contributed by atoms with Crippen molar-refractivity contribution >= 4 is 0 Å². The van der Waals surface area contributed by atoms with Crippen molar-refractivity contribution in [3.63, 3.8) is 0 Å². The molecular formula is C11H18. The molecule has 0 aliphatic heterocycles. The lowest BCUT2D eigenvalue weighted by molar-refractivity contribution is 1.51. The summed E-state index contributed by atoms with van der Waals surface area (Å²) in [5.41, 5.74) is 4.23. The van der Waals surface area contributed by atoms with Gasteiger partial charge >= 0.3 is 0 Å². The van der Waals surface area contributed by atoms with Crippen LogP contribution in [0.15, 0.2) is 42.2 Å². The van der Waals surface area contributed by atoms with Crippen LogP contribution in [0.5, 0.6) is 0 Å². The summed E-state index contributed by atoms with van der Waals surface area (Å²) in [6.07, 6.45) is 7.70. The Morgan fingerprint density at radius 1 is 1.27 bits per heavy atom. The molecule has 0 spiro atoms. The molecular weight excluding hydrogens is 132 g/mol. The molecule has 0 aromatic heterocycles. The summed E-state index contributed by atoms with van der Waals surface area (Å²) in [5, 5.41) is 0. The quantitative estimate of drug-likeness (QED) is 0.302. The van der Waals surface area contributed by atoms with Crippen molar-refractivity contribution in [1.82, 2.24) is 0 Å². The second-order valence-electron chi connectivity index (χ2n) is 2.02. The molecule has 0 saturated heterocycles. The molecule has 0 heteroatoms. The zero-order valence-electron chi connectivity index (χ0n) is 8.02. The minimum absolute atomic E-state index is 1.18. The van der Waals surface area contributed by atoms with Gasteiger partial charge in [-0.25, -0.2) is 0 Å². The third-order valence-electron chi connectivity index (χ3n) is 0.789. The van der Waals surface area contributed by atoms with E-state index >= 15 is 0 Å². The zero-order chi connectivity index (χ0) is 9.11. The number of rotatable bonds is 1. The van der Waals surface area contributed by atoms with Crippen molar-refractivity contribution in [2.45, 2.75) is 27.7 Å². The van der Waals surface area contributed by atoms with Crippen molar-refractivity contribution < 1.29 is 0 Å². The summed E-state index contributed by atoms with van der Waals surface area (Å²) in [4.78, 5) is 0. The first-order valence-corrected chi connectivity index (χ1v) is 3.80. The predicted molar refractivity (Wildman–Crippen MR) is 53.6 cm³/mol. The van der Waals surface area contributed by atoms with Crippen LogP contribution in [-0.2, 0) is 0 Å². The molecule has 0 atom stereocenters. The van der Waals surface area contributed by atoms with Crippen molar-refractivity contribution in [1.29, 1.82) is 0 Å². The van der Waals surface area contributed by atoms with Crippen LogP contribution in [0.1, 0.15) is 27.7 Å². The van der Waals surface area contributed by atoms with E-state index in [-0.39, 0.29) is 0 Å². The van der Waals surface area contributed by atoms with E-state index in [4.69, 9.17) is 0 Å². The molecule has 62 valence electrons. The highest BCUT2D eigenvalue weighted by molar-refractivity contribution is 5.13. The maximum absolute atomic E-state index is 3.36. The van der Waals surface area contributed by atoms with Gasteiger partial charge in [0.25, 0.3) is 0 Å². The minimum atomic E-state index is 1.18. The van der Waals surface area contributed by atoms with Crippen LogP contribution in [0, 0.1) is 0 Å². The average molecular weight is 150 g/mol. The van der Waals surface area contributed by atoms with E-state index in [1.165, 1.54) is 5.57 Å². The van der Waals surface area contributed by atoms with Crippen LogP contribution < -0.4 is 0 Å². The first kappa shape index (κ1) is 12.7. The van der Waals surface area contributed by atoms with Gasteiger partial charge in [0.15, 0.2) is 0 Å².